The van der Waals surface area contributed by atoms with E-state index >= 15 is 0 Å². The summed E-state index contributed by atoms with van der Waals surface area (Å²) in [6.45, 7) is 2.17. The Labute approximate surface area is 172 Å². The van der Waals surface area contributed by atoms with Crippen molar-refractivity contribution in [2.45, 2.75) is 50.6 Å². The van der Waals surface area contributed by atoms with Crippen LogP contribution in [-0.2, 0) is 13.0 Å². The van der Waals surface area contributed by atoms with Crippen LogP contribution in [0, 0.1) is 17.2 Å². The molecule has 0 saturated heterocycles. The number of hydrogen-bond donors (Lipinski definition) is 0. The average molecular weight is 386 g/mol. The summed E-state index contributed by atoms with van der Waals surface area (Å²) in [5.74, 6) is 2.06. The molecule has 1 saturated carbocycles. The number of benzene rings is 2. The summed E-state index contributed by atoms with van der Waals surface area (Å²) in [4.78, 5) is 7.31. The molecular weight excluding hydrogens is 358 g/mol. The second-order valence-electron chi connectivity index (χ2n) is 8.58. The van der Waals surface area contributed by atoms with Crippen molar-refractivity contribution in [3.8, 4) is 11.8 Å². The predicted octanol–water partition coefficient (Wildman–Crippen LogP) is 4.98. The zero-order chi connectivity index (χ0) is 19.8. The van der Waals surface area contributed by atoms with Crippen molar-refractivity contribution in [2.75, 3.05) is 13.7 Å². The lowest BCUT2D eigenvalue weighted by molar-refractivity contribution is 0.121. The Bertz CT molecular complexity index is 982. The van der Waals surface area contributed by atoms with Gasteiger partial charge in [0.15, 0.2) is 0 Å². The van der Waals surface area contributed by atoms with E-state index in [1.807, 2.05) is 18.2 Å². The maximum absolute atomic E-state index is 9.24. The molecule has 0 spiro atoms. The molecule has 0 aromatic heterocycles. The minimum atomic E-state index is 0.380. The second-order valence-corrected chi connectivity index (χ2v) is 8.58. The number of nitriles is 1. The Morgan fingerprint density at radius 1 is 1.14 bits per heavy atom. The minimum Gasteiger partial charge on any atom is -0.496 e. The van der Waals surface area contributed by atoms with E-state index in [9.17, 15) is 5.26 Å². The van der Waals surface area contributed by atoms with E-state index in [0.717, 1.165) is 36.5 Å². The highest BCUT2D eigenvalue weighted by Crippen LogP contribution is 2.43. The molecule has 1 fully saturated rings. The summed E-state index contributed by atoms with van der Waals surface area (Å²) in [5, 5.41) is 9.24. The van der Waals surface area contributed by atoms with Crippen LogP contribution in [0.5, 0.6) is 5.75 Å². The number of fused-ring (bicyclic) bond motifs is 2. The number of aliphatic imine (C=N–C) groups is 1. The van der Waals surface area contributed by atoms with Crippen molar-refractivity contribution in [3.05, 3.63) is 58.7 Å². The topological polar surface area (TPSA) is 48.6 Å². The molecule has 1 unspecified atom stereocenters. The first-order chi connectivity index (χ1) is 14.3. The van der Waals surface area contributed by atoms with Crippen LogP contribution in [0.2, 0.25) is 0 Å². The lowest BCUT2D eigenvalue weighted by Gasteiger charge is -2.40. The predicted molar refractivity (Wildman–Crippen MR) is 115 cm³/mol. The van der Waals surface area contributed by atoms with Crippen molar-refractivity contribution in [1.82, 2.24) is 4.90 Å². The van der Waals surface area contributed by atoms with E-state index < -0.39 is 0 Å². The summed E-state index contributed by atoms with van der Waals surface area (Å²) in [6, 6.07) is 15.3. The quantitative estimate of drug-likeness (QED) is 0.748. The number of rotatable bonds is 3. The molecule has 1 aliphatic carbocycles. The van der Waals surface area contributed by atoms with E-state index in [1.165, 1.54) is 42.4 Å². The lowest BCUT2D eigenvalue weighted by atomic mass is 9.75. The molecule has 3 aliphatic rings. The van der Waals surface area contributed by atoms with Crippen molar-refractivity contribution >= 4 is 11.9 Å². The van der Waals surface area contributed by atoms with Crippen LogP contribution in [0.3, 0.4) is 0 Å². The van der Waals surface area contributed by atoms with E-state index in [0.29, 0.717) is 17.9 Å². The van der Waals surface area contributed by atoms with E-state index in [-0.39, 0.29) is 0 Å². The molecule has 2 aliphatic heterocycles. The zero-order valence-corrected chi connectivity index (χ0v) is 17.0. The van der Waals surface area contributed by atoms with Gasteiger partial charge >= 0.3 is 0 Å². The number of hydrogen-bond acceptors (Lipinski definition) is 4. The van der Waals surface area contributed by atoms with Gasteiger partial charge in [-0.25, -0.2) is 0 Å². The van der Waals surface area contributed by atoms with Crippen LogP contribution in [-0.4, -0.2) is 30.8 Å². The van der Waals surface area contributed by atoms with Gasteiger partial charge in [-0.15, -0.1) is 0 Å². The van der Waals surface area contributed by atoms with Gasteiger partial charge in [0, 0.05) is 31.3 Å². The van der Waals surface area contributed by atoms with Crippen LogP contribution >= 0.6 is 0 Å². The number of nitrogens with zero attached hydrogens (tertiary/aromatic N) is 3. The Morgan fingerprint density at radius 3 is 2.79 bits per heavy atom. The van der Waals surface area contributed by atoms with Gasteiger partial charge in [-0.2, -0.15) is 5.26 Å². The fraction of sp³-hybridized carbons (Fsp3) is 0.440. The molecule has 0 bridgehead atoms. The number of ether oxygens (including phenoxy) is 1. The Kier molecular flexibility index (Phi) is 4.85. The first-order valence-corrected chi connectivity index (χ1v) is 10.7. The van der Waals surface area contributed by atoms with Crippen LogP contribution in [0.15, 0.2) is 41.4 Å². The molecular formula is C25H27N3O. The maximum atomic E-state index is 9.24. The molecule has 5 rings (SSSR count). The highest BCUT2D eigenvalue weighted by Gasteiger charge is 2.34. The monoisotopic (exact) mass is 385 g/mol. The SMILES string of the molecule is COc1cccc2c1CCN(C1CCC(C3C=Nc4ccc(C#N)cc43)CC1)C2. The van der Waals surface area contributed by atoms with Gasteiger partial charge in [0.2, 0.25) is 0 Å². The van der Waals surface area contributed by atoms with Crippen molar-refractivity contribution in [2.24, 2.45) is 10.9 Å². The standard InChI is InChI=1S/C25H27N3O/c1-29-25-4-2-3-19-16-28(12-11-21(19)25)20-8-6-18(7-9-20)23-15-27-24-10-5-17(14-26)13-22(23)24/h2-5,10,13,15,18,20,23H,6-9,11-12,16H2,1H3. The lowest BCUT2D eigenvalue weighted by Crippen LogP contribution is -2.41. The van der Waals surface area contributed by atoms with Gasteiger partial charge in [-0.3, -0.25) is 9.89 Å². The van der Waals surface area contributed by atoms with Gasteiger partial charge in [0.25, 0.3) is 0 Å². The summed E-state index contributed by atoms with van der Waals surface area (Å²) < 4.78 is 5.56. The molecule has 2 aromatic carbocycles. The van der Waals surface area contributed by atoms with Crippen LogP contribution in [0.4, 0.5) is 5.69 Å². The summed E-state index contributed by atoms with van der Waals surface area (Å²) in [5.41, 5.74) is 5.88. The van der Waals surface area contributed by atoms with Gasteiger partial charge in [-0.1, -0.05) is 12.1 Å². The average Bonchev–Trinajstić information content (AvgIpc) is 3.21. The highest BCUT2D eigenvalue weighted by atomic mass is 16.5. The van der Waals surface area contributed by atoms with Gasteiger partial charge in [-0.05, 0) is 79.0 Å². The molecule has 0 radical (unpaired) electrons. The molecule has 0 N–H and O–H groups in total. The molecule has 148 valence electrons. The van der Waals surface area contributed by atoms with Crippen LogP contribution < -0.4 is 4.74 Å². The Balaban J connectivity index is 1.24. The molecule has 0 amide bonds. The summed E-state index contributed by atoms with van der Waals surface area (Å²) >= 11 is 0. The molecule has 2 aromatic rings. The maximum Gasteiger partial charge on any atom is 0.122 e. The first kappa shape index (κ1) is 18.4. The minimum absolute atomic E-state index is 0.380. The first-order valence-electron chi connectivity index (χ1n) is 10.7. The van der Waals surface area contributed by atoms with Crippen molar-refractivity contribution in [1.29, 1.82) is 5.26 Å². The summed E-state index contributed by atoms with van der Waals surface area (Å²) in [6.07, 6.45) is 8.18. The summed E-state index contributed by atoms with van der Waals surface area (Å²) in [7, 11) is 1.77. The Hall–Kier alpha value is -2.64. The molecule has 1 atom stereocenters. The molecule has 2 heterocycles. The normalized spacial score (nSPS) is 25.9. The van der Waals surface area contributed by atoms with Crippen LogP contribution in [0.25, 0.3) is 0 Å². The largest absolute Gasteiger partial charge is 0.496 e. The Morgan fingerprint density at radius 2 is 2.00 bits per heavy atom. The fourth-order valence-electron chi connectivity index (χ4n) is 5.55. The van der Waals surface area contributed by atoms with Crippen LogP contribution in [0.1, 0.15) is 53.9 Å². The van der Waals surface area contributed by atoms with Crippen molar-refractivity contribution in [3.63, 3.8) is 0 Å². The zero-order valence-electron chi connectivity index (χ0n) is 17.0. The molecule has 29 heavy (non-hydrogen) atoms. The molecule has 4 heteroatoms. The third-order valence-corrected chi connectivity index (χ3v) is 7.13. The van der Waals surface area contributed by atoms with E-state index in [4.69, 9.17) is 4.74 Å². The van der Waals surface area contributed by atoms with Gasteiger partial charge < -0.3 is 4.74 Å². The third kappa shape index (κ3) is 3.34. The molecule has 4 nitrogen and oxygen atoms in total. The van der Waals surface area contributed by atoms with E-state index in [1.54, 1.807) is 7.11 Å². The fourth-order valence-corrected chi connectivity index (χ4v) is 5.55. The number of methoxy groups -OCH3 is 1. The smallest absolute Gasteiger partial charge is 0.122 e. The van der Waals surface area contributed by atoms with Gasteiger partial charge in [0.1, 0.15) is 5.75 Å². The highest BCUT2D eigenvalue weighted by molar-refractivity contribution is 5.81. The van der Waals surface area contributed by atoms with Crippen molar-refractivity contribution < 1.29 is 4.74 Å². The van der Waals surface area contributed by atoms with Gasteiger partial charge in [0.05, 0.1) is 24.4 Å². The second kappa shape index (κ2) is 7.65. The van der Waals surface area contributed by atoms with E-state index in [2.05, 4.69) is 40.4 Å². The third-order valence-electron chi connectivity index (χ3n) is 7.13.